The summed E-state index contributed by atoms with van der Waals surface area (Å²) in [7, 11) is 0. The standard InChI is InChI=1S/C11H13NO2S/c13-11(12-9-4-5-14-7-9)8-2-1-3-10(15)6-8/h1-3,6,9,15H,4-5,7H2,(H,12,13). The van der Waals surface area contributed by atoms with Crippen molar-refractivity contribution in [1.82, 2.24) is 5.32 Å². The lowest BCUT2D eigenvalue weighted by Gasteiger charge is -2.10. The number of amides is 1. The number of carbonyl (C=O) groups excluding carboxylic acids is 1. The number of hydrogen-bond donors (Lipinski definition) is 2. The molecule has 1 aliphatic rings. The van der Waals surface area contributed by atoms with Gasteiger partial charge in [0.15, 0.2) is 0 Å². The molecular formula is C11H13NO2S. The van der Waals surface area contributed by atoms with Crippen LogP contribution in [0.1, 0.15) is 16.8 Å². The second-order valence-electron chi connectivity index (χ2n) is 3.58. The van der Waals surface area contributed by atoms with Gasteiger partial charge in [0.25, 0.3) is 5.91 Å². The van der Waals surface area contributed by atoms with E-state index in [9.17, 15) is 4.79 Å². The van der Waals surface area contributed by atoms with Gasteiger partial charge in [-0.15, -0.1) is 12.6 Å². The van der Waals surface area contributed by atoms with Crippen LogP contribution >= 0.6 is 12.6 Å². The minimum Gasteiger partial charge on any atom is -0.379 e. The van der Waals surface area contributed by atoms with Gasteiger partial charge in [-0.25, -0.2) is 0 Å². The van der Waals surface area contributed by atoms with Gasteiger partial charge in [-0.3, -0.25) is 4.79 Å². The van der Waals surface area contributed by atoms with Gasteiger partial charge >= 0.3 is 0 Å². The van der Waals surface area contributed by atoms with Gasteiger partial charge in [-0.1, -0.05) is 6.07 Å². The quantitative estimate of drug-likeness (QED) is 0.746. The highest BCUT2D eigenvalue weighted by atomic mass is 32.1. The van der Waals surface area contributed by atoms with E-state index >= 15 is 0 Å². The zero-order valence-electron chi connectivity index (χ0n) is 8.27. The molecule has 0 radical (unpaired) electrons. The summed E-state index contributed by atoms with van der Waals surface area (Å²) in [4.78, 5) is 12.5. The van der Waals surface area contributed by atoms with Gasteiger partial charge < -0.3 is 10.1 Å². The van der Waals surface area contributed by atoms with Gasteiger partial charge in [-0.05, 0) is 24.6 Å². The van der Waals surface area contributed by atoms with Gasteiger partial charge in [0.05, 0.1) is 12.6 Å². The Labute approximate surface area is 94.2 Å². The molecule has 80 valence electrons. The van der Waals surface area contributed by atoms with Crippen LogP contribution in [0.5, 0.6) is 0 Å². The van der Waals surface area contributed by atoms with Crippen molar-refractivity contribution >= 4 is 18.5 Å². The summed E-state index contributed by atoms with van der Waals surface area (Å²) in [6, 6.07) is 7.36. The van der Waals surface area contributed by atoms with E-state index in [1.807, 2.05) is 12.1 Å². The minimum absolute atomic E-state index is 0.0543. The lowest BCUT2D eigenvalue weighted by molar-refractivity contribution is 0.0929. The van der Waals surface area contributed by atoms with Crippen LogP contribution < -0.4 is 5.32 Å². The molecule has 1 atom stereocenters. The maximum atomic E-state index is 11.8. The molecule has 1 aromatic carbocycles. The van der Waals surface area contributed by atoms with Gasteiger partial charge in [0.1, 0.15) is 0 Å². The zero-order valence-corrected chi connectivity index (χ0v) is 9.17. The molecule has 0 aliphatic carbocycles. The topological polar surface area (TPSA) is 38.3 Å². The van der Waals surface area contributed by atoms with Crippen LogP contribution in [-0.4, -0.2) is 25.2 Å². The van der Waals surface area contributed by atoms with E-state index in [4.69, 9.17) is 4.74 Å². The van der Waals surface area contributed by atoms with E-state index in [0.29, 0.717) is 12.2 Å². The third-order valence-corrected chi connectivity index (χ3v) is 2.65. The monoisotopic (exact) mass is 223 g/mol. The maximum Gasteiger partial charge on any atom is 0.251 e. The third kappa shape index (κ3) is 2.73. The Kier molecular flexibility index (Phi) is 3.28. The van der Waals surface area contributed by atoms with Crippen molar-refractivity contribution in [3.05, 3.63) is 29.8 Å². The van der Waals surface area contributed by atoms with Crippen LogP contribution in [0.3, 0.4) is 0 Å². The van der Waals surface area contributed by atoms with Crippen LogP contribution in [0.15, 0.2) is 29.2 Å². The van der Waals surface area contributed by atoms with E-state index in [-0.39, 0.29) is 11.9 Å². The Balaban J connectivity index is 2.01. The third-order valence-electron chi connectivity index (χ3n) is 2.37. The summed E-state index contributed by atoms with van der Waals surface area (Å²) in [5.41, 5.74) is 0.648. The molecule has 0 saturated carbocycles. The minimum atomic E-state index is -0.0543. The average molecular weight is 223 g/mol. The summed E-state index contributed by atoms with van der Waals surface area (Å²) in [5.74, 6) is -0.0543. The summed E-state index contributed by atoms with van der Waals surface area (Å²) >= 11 is 4.19. The number of nitrogens with one attached hydrogen (secondary N) is 1. The molecule has 1 amide bonds. The molecular weight excluding hydrogens is 210 g/mol. The number of ether oxygens (including phenoxy) is 1. The van der Waals surface area contributed by atoms with Crippen LogP contribution in [0, 0.1) is 0 Å². The highest BCUT2D eigenvalue weighted by Crippen LogP contribution is 2.10. The lowest BCUT2D eigenvalue weighted by Crippen LogP contribution is -2.34. The van der Waals surface area contributed by atoms with E-state index in [1.165, 1.54) is 0 Å². The largest absolute Gasteiger partial charge is 0.379 e. The highest BCUT2D eigenvalue weighted by molar-refractivity contribution is 7.80. The van der Waals surface area contributed by atoms with Crippen molar-refractivity contribution in [2.24, 2.45) is 0 Å². The molecule has 1 N–H and O–H groups in total. The average Bonchev–Trinajstić information content (AvgIpc) is 2.70. The number of thiol groups is 1. The van der Waals surface area contributed by atoms with Crippen molar-refractivity contribution in [3.8, 4) is 0 Å². The van der Waals surface area contributed by atoms with Gasteiger partial charge in [-0.2, -0.15) is 0 Å². The fraction of sp³-hybridized carbons (Fsp3) is 0.364. The summed E-state index contributed by atoms with van der Waals surface area (Å²) in [5, 5.41) is 2.92. The molecule has 2 rings (SSSR count). The van der Waals surface area contributed by atoms with Gasteiger partial charge in [0.2, 0.25) is 0 Å². The predicted octanol–water partition coefficient (Wildman–Crippen LogP) is 1.49. The fourth-order valence-corrected chi connectivity index (χ4v) is 1.79. The van der Waals surface area contributed by atoms with E-state index in [2.05, 4.69) is 17.9 Å². The molecule has 1 saturated heterocycles. The van der Waals surface area contributed by atoms with Gasteiger partial charge in [0, 0.05) is 17.1 Å². The maximum absolute atomic E-state index is 11.8. The number of rotatable bonds is 2. The smallest absolute Gasteiger partial charge is 0.251 e. The first-order valence-electron chi connectivity index (χ1n) is 4.93. The second kappa shape index (κ2) is 4.68. The van der Waals surface area contributed by atoms with Crippen molar-refractivity contribution in [1.29, 1.82) is 0 Å². The SMILES string of the molecule is O=C(NC1CCOC1)c1cccc(S)c1. The van der Waals surface area contributed by atoms with E-state index < -0.39 is 0 Å². The Morgan fingerprint density at radius 3 is 3.07 bits per heavy atom. The van der Waals surface area contributed by atoms with Crippen molar-refractivity contribution < 1.29 is 9.53 Å². The van der Waals surface area contributed by atoms with Crippen molar-refractivity contribution in [2.75, 3.05) is 13.2 Å². The van der Waals surface area contributed by atoms with Crippen LogP contribution in [0.4, 0.5) is 0 Å². The molecule has 0 bridgehead atoms. The molecule has 0 aromatic heterocycles. The lowest BCUT2D eigenvalue weighted by atomic mass is 10.2. The molecule has 1 heterocycles. The van der Waals surface area contributed by atoms with Crippen LogP contribution in [0.25, 0.3) is 0 Å². The fourth-order valence-electron chi connectivity index (χ4n) is 1.56. The molecule has 15 heavy (non-hydrogen) atoms. The number of carbonyl (C=O) groups is 1. The molecule has 1 unspecified atom stereocenters. The van der Waals surface area contributed by atoms with Crippen molar-refractivity contribution in [2.45, 2.75) is 17.4 Å². The Morgan fingerprint density at radius 2 is 2.40 bits per heavy atom. The predicted molar refractivity (Wildman–Crippen MR) is 60.4 cm³/mol. The molecule has 3 nitrogen and oxygen atoms in total. The van der Waals surface area contributed by atoms with Crippen LogP contribution in [0.2, 0.25) is 0 Å². The molecule has 4 heteroatoms. The van der Waals surface area contributed by atoms with E-state index in [1.54, 1.807) is 12.1 Å². The van der Waals surface area contributed by atoms with Crippen LogP contribution in [-0.2, 0) is 4.74 Å². The molecule has 1 aliphatic heterocycles. The molecule has 1 aromatic rings. The molecule has 0 spiro atoms. The summed E-state index contributed by atoms with van der Waals surface area (Å²) in [6.07, 6.45) is 0.895. The first kappa shape index (κ1) is 10.5. The van der Waals surface area contributed by atoms with Crippen molar-refractivity contribution in [3.63, 3.8) is 0 Å². The molecule has 1 fully saturated rings. The second-order valence-corrected chi connectivity index (χ2v) is 4.10. The first-order chi connectivity index (χ1) is 7.25. The summed E-state index contributed by atoms with van der Waals surface area (Å²) < 4.78 is 5.19. The number of benzene rings is 1. The Morgan fingerprint density at radius 1 is 1.53 bits per heavy atom. The zero-order chi connectivity index (χ0) is 10.7. The Hall–Kier alpha value is -1.00. The Bertz CT molecular complexity index is 361. The highest BCUT2D eigenvalue weighted by Gasteiger charge is 2.18. The summed E-state index contributed by atoms with van der Waals surface area (Å²) in [6.45, 7) is 1.35. The normalized spacial score (nSPS) is 20.2. The number of hydrogen-bond acceptors (Lipinski definition) is 3. The first-order valence-corrected chi connectivity index (χ1v) is 5.38. The van der Waals surface area contributed by atoms with E-state index in [0.717, 1.165) is 17.9 Å².